The molecular formula is C16H20N4O. The number of hydrogen-bond donors (Lipinski definition) is 1. The molecule has 1 N–H and O–H groups in total. The molecule has 1 aromatic carbocycles. The molecule has 0 bridgehead atoms. The Hall–Kier alpha value is -2.17. The van der Waals surface area contributed by atoms with Gasteiger partial charge in [0.15, 0.2) is 5.69 Å². The summed E-state index contributed by atoms with van der Waals surface area (Å²) in [7, 11) is 0. The summed E-state index contributed by atoms with van der Waals surface area (Å²) in [5.74, 6) is 0.523. The zero-order valence-electron chi connectivity index (χ0n) is 12.5. The van der Waals surface area contributed by atoms with Gasteiger partial charge in [-0.15, -0.1) is 0 Å². The molecule has 1 fully saturated rings. The number of nitrogens with zero attached hydrogens (tertiary/aromatic N) is 3. The number of likely N-dealkylation sites (tertiary alicyclic amines) is 1. The second-order valence-electron chi connectivity index (χ2n) is 5.78. The summed E-state index contributed by atoms with van der Waals surface area (Å²) < 4.78 is 0. The maximum atomic E-state index is 12.2. The largest absolute Gasteiger partial charge is 0.337 e. The third kappa shape index (κ3) is 2.82. The fourth-order valence-electron chi connectivity index (χ4n) is 3.06. The first-order chi connectivity index (χ1) is 10.1. The smallest absolute Gasteiger partial charge is 0.276 e. The van der Waals surface area contributed by atoms with Crippen LogP contribution >= 0.6 is 0 Å². The van der Waals surface area contributed by atoms with Crippen molar-refractivity contribution in [3.05, 3.63) is 46.8 Å². The van der Waals surface area contributed by atoms with E-state index in [1.54, 1.807) is 0 Å². The molecule has 1 saturated heterocycles. The Balaban J connectivity index is 1.68. The summed E-state index contributed by atoms with van der Waals surface area (Å²) in [6.45, 7) is 5.86. The predicted molar refractivity (Wildman–Crippen MR) is 80.2 cm³/mol. The van der Waals surface area contributed by atoms with Gasteiger partial charge in [0.25, 0.3) is 5.91 Å². The summed E-state index contributed by atoms with van der Waals surface area (Å²) in [5.41, 5.74) is 4.49. The van der Waals surface area contributed by atoms with E-state index in [0.29, 0.717) is 11.6 Å². The number of rotatable bonds is 2. The standard InChI is InChI=1S/C16H20N4O/c1-11-3-4-12(2)14(9-11)13-5-7-20(8-6-13)16(21)15-10-17-19-18-15/h3-4,9-10,13H,5-8H2,1-2H3,(H,17,18,19). The summed E-state index contributed by atoms with van der Waals surface area (Å²) >= 11 is 0. The van der Waals surface area contributed by atoms with E-state index >= 15 is 0 Å². The molecule has 1 amide bonds. The summed E-state index contributed by atoms with van der Waals surface area (Å²) in [6, 6.07) is 6.63. The average Bonchev–Trinajstić information content (AvgIpc) is 3.03. The highest BCUT2D eigenvalue weighted by Crippen LogP contribution is 2.31. The van der Waals surface area contributed by atoms with Gasteiger partial charge in [0.05, 0.1) is 6.20 Å². The Morgan fingerprint density at radius 1 is 1.29 bits per heavy atom. The maximum absolute atomic E-state index is 12.2. The quantitative estimate of drug-likeness (QED) is 0.921. The Morgan fingerprint density at radius 2 is 2.05 bits per heavy atom. The van der Waals surface area contributed by atoms with Crippen molar-refractivity contribution >= 4 is 5.91 Å². The van der Waals surface area contributed by atoms with Crippen LogP contribution in [-0.4, -0.2) is 39.3 Å². The minimum absolute atomic E-state index is 0.0248. The molecule has 3 rings (SSSR count). The Kier molecular flexibility index (Phi) is 3.73. The summed E-state index contributed by atoms with van der Waals surface area (Å²) in [4.78, 5) is 14.1. The molecule has 0 atom stereocenters. The summed E-state index contributed by atoms with van der Waals surface area (Å²) in [6.07, 6.45) is 3.50. The zero-order chi connectivity index (χ0) is 14.8. The highest BCUT2D eigenvalue weighted by Gasteiger charge is 2.26. The normalized spacial score (nSPS) is 16.2. The van der Waals surface area contributed by atoms with Crippen LogP contribution in [0.2, 0.25) is 0 Å². The number of aromatic amines is 1. The molecule has 0 spiro atoms. The second-order valence-corrected chi connectivity index (χ2v) is 5.78. The first-order valence-corrected chi connectivity index (χ1v) is 7.37. The van der Waals surface area contributed by atoms with Crippen molar-refractivity contribution in [1.29, 1.82) is 0 Å². The number of piperidine rings is 1. The van der Waals surface area contributed by atoms with Crippen molar-refractivity contribution in [2.75, 3.05) is 13.1 Å². The fourth-order valence-corrected chi connectivity index (χ4v) is 3.06. The van der Waals surface area contributed by atoms with Crippen LogP contribution in [0.25, 0.3) is 0 Å². The lowest BCUT2D eigenvalue weighted by Crippen LogP contribution is -2.38. The third-order valence-corrected chi connectivity index (χ3v) is 4.29. The molecule has 0 radical (unpaired) electrons. The van der Waals surface area contributed by atoms with Gasteiger partial charge in [-0.2, -0.15) is 15.4 Å². The van der Waals surface area contributed by atoms with Crippen LogP contribution in [0.3, 0.4) is 0 Å². The van der Waals surface area contributed by atoms with Gasteiger partial charge in [0.2, 0.25) is 0 Å². The van der Waals surface area contributed by atoms with Gasteiger partial charge < -0.3 is 4.90 Å². The molecule has 1 aromatic heterocycles. The molecule has 5 heteroatoms. The molecule has 0 unspecified atom stereocenters. The number of H-pyrrole nitrogens is 1. The molecule has 1 aliphatic rings. The first kappa shape index (κ1) is 13.8. The van der Waals surface area contributed by atoms with Gasteiger partial charge in [0.1, 0.15) is 0 Å². The molecule has 2 heterocycles. The number of benzene rings is 1. The van der Waals surface area contributed by atoms with E-state index in [2.05, 4.69) is 47.5 Å². The number of carbonyl (C=O) groups excluding carboxylic acids is 1. The van der Waals surface area contributed by atoms with Crippen LogP contribution in [0.5, 0.6) is 0 Å². The van der Waals surface area contributed by atoms with E-state index in [0.717, 1.165) is 25.9 Å². The Morgan fingerprint density at radius 3 is 2.71 bits per heavy atom. The Bertz CT molecular complexity index is 628. The van der Waals surface area contributed by atoms with Gasteiger partial charge in [-0.05, 0) is 43.7 Å². The van der Waals surface area contributed by atoms with Gasteiger partial charge in [0, 0.05) is 13.1 Å². The number of nitrogens with one attached hydrogen (secondary N) is 1. The summed E-state index contributed by atoms with van der Waals surface area (Å²) in [5, 5.41) is 10.1. The van der Waals surface area contributed by atoms with Crippen molar-refractivity contribution in [3.63, 3.8) is 0 Å². The Labute approximate surface area is 124 Å². The lowest BCUT2D eigenvalue weighted by Gasteiger charge is -2.32. The van der Waals surface area contributed by atoms with Crippen LogP contribution in [0.4, 0.5) is 0 Å². The topological polar surface area (TPSA) is 61.9 Å². The van der Waals surface area contributed by atoms with Crippen LogP contribution in [0, 0.1) is 13.8 Å². The van der Waals surface area contributed by atoms with E-state index in [-0.39, 0.29) is 5.91 Å². The highest BCUT2D eigenvalue weighted by atomic mass is 16.2. The number of carbonyl (C=O) groups is 1. The van der Waals surface area contributed by atoms with Crippen LogP contribution in [-0.2, 0) is 0 Å². The zero-order valence-corrected chi connectivity index (χ0v) is 12.5. The van der Waals surface area contributed by atoms with Gasteiger partial charge in [-0.3, -0.25) is 4.79 Å². The SMILES string of the molecule is Cc1ccc(C)c(C2CCN(C(=O)c3cn[nH]n3)CC2)c1. The molecule has 21 heavy (non-hydrogen) atoms. The van der Waals surface area contributed by atoms with Crippen molar-refractivity contribution in [2.45, 2.75) is 32.6 Å². The minimum Gasteiger partial charge on any atom is -0.337 e. The van der Waals surface area contributed by atoms with Crippen molar-refractivity contribution in [1.82, 2.24) is 20.3 Å². The average molecular weight is 284 g/mol. The third-order valence-electron chi connectivity index (χ3n) is 4.29. The van der Waals surface area contributed by atoms with Crippen LogP contribution < -0.4 is 0 Å². The number of aryl methyl sites for hydroxylation is 2. The second kappa shape index (κ2) is 5.68. The molecule has 1 aliphatic heterocycles. The lowest BCUT2D eigenvalue weighted by molar-refractivity contribution is 0.0707. The number of aromatic nitrogens is 3. The molecule has 2 aromatic rings. The lowest BCUT2D eigenvalue weighted by atomic mass is 9.86. The first-order valence-electron chi connectivity index (χ1n) is 7.37. The monoisotopic (exact) mass is 284 g/mol. The molecule has 0 aliphatic carbocycles. The molecule has 110 valence electrons. The van der Waals surface area contributed by atoms with E-state index in [1.165, 1.54) is 22.9 Å². The molecular weight excluding hydrogens is 264 g/mol. The van der Waals surface area contributed by atoms with Gasteiger partial charge >= 0.3 is 0 Å². The van der Waals surface area contributed by atoms with Gasteiger partial charge in [-0.25, -0.2) is 0 Å². The van der Waals surface area contributed by atoms with Crippen molar-refractivity contribution in [3.8, 4) is 0 Å². The minimum atomic E-state index is -0.0248. The fraction of sp³-hybridized carbons (Fsp3) is 0.438. The maximum Gasteiger partial charge on any atom is 0.276 e. The molecule has 5 nitrogen and oxygen atoms in total. The molecule has 0 saturated carbocycles. The predicted octanol–water partition coefficient (Wildman–Crippen LogP) is 2.44. The van der Waals surface area contributed by atoms with Crippen LogP contribution in [0.1, 0.15) is 45.9 Å². The number of amides is 1. The van der Waals surface area contributed by atoms with E-state index in [4.69, 9.17) is 0 Å². The van der Waals surface area contributed by atoms with Crippen LogP contribution in [0.15, 0.2) is 24.4 Å². The van der Waals surface area contributed by atoms with E-state index in [1.807, 2.05) is 4.90 Å². The van der Waals surface area contributed by atoms with Crippen molar-refractivity contribution < 1.29 is 4.79 Å². The van der Waals surface area contributed by atoms with Gasteiger partial charge in [-0.1, -0.05) is 23.8 Å². The van der Waals surface area contributed by atoms with E-state index in [9.17, 15) is 4.79 Å². The highest BCUT2D eigenvalue weighted by molar-refractivity contribution is 5.91. The number of hydrogen-bond acceptors (Lipinski definition) is 3. The van der Waals surface area contributed by atoms with Crippen molar-refractivity contribution in [2.24, 2.45) is 0 Å². The van der Waals surface area contributed by atoms with E-state index < -0.39 is 0 Å².